The maximum absolute atomic E-state index is 12.6. The zero-order chi connectivity index (χ0) is 15.6. The minimum atomic E-state index is -3.42. The van der Waals surface area contributed by atoms with Crippen molar-refractivity contribution >= 4 is 21.4 Å². The number of thiophene rings is 1. The molecule has 0 aromatic carbocycles. The highest BCUT2D eigenvalue weighted by Gasteiger charge is 2.26. The molecule has 0 aliphatic rings. The monoisotopic (exact) mass is 327 g/mol. The van der Waals surface area contributed by atoms with Gasteiger partial charge >= 0.3 is 0 Å². The van der Waals surface area contributed by atoms with E-state index in [4.69, 9.17) is 0 Å². The Kier molecular flexibility index (Phi) is 4.85. The van der Waals surface area contributed by atoms with E-state index in [0.29, 0.717) is 17.3 Å². The molecule has 0 unspecified atom stereocenters. The van der Waals surface area contributed by atoms with Gasteiger partial charge in [0.25, 0.3) is 10.0 Å². The van der Waals surface area contributed by atoms with E-state index in [0.717, 1.165) is 23.5 Å². The average molecular weight is 327 g/mol. The summed E-state index contributed by atoms with van der Waals surface area (Å²) in [6.07, 6.45) is 0. The number of aromatic nitrogens is 2. The van der Waals surface area contributed by atoms with Crippen molar-refractivity contribution in [3.8, 4) is 0 Å². The predicted molar refractivity (Wildman–Crippen MR) is 85.0 cm³/mol. The van der Waals surface area contributed by atoms with Crippen LogP contribution in [0.5, 0.6) is 0 Å². The molecule has 2 aromatic heterocycles. The van der Waals surface area contributed by atoms with Gasteiger partial charge in [0.1, 0.15) is 4.21 Å². The lowest BCUT2D eigenvalue weighted by molar-refractivity contribution is 0.423. The number of hydrogen-bond acceptors (Lipinski definition) is 4. The summed E-state index contributed by atoms with van der Waals surface area (Å²) in [6.45, 7) is 9.41. The quantitative estimate of drug-likeness (QED) is 0.820. The van der Waals surface area contributed by atoms with E-state index in [1.165, 1.54) is 15.6 Å². The van der Waals surface area contributed by atoms with E-state index in [1.807, 2.05) is 32.4 Å². The Balaban J connectivity index is 2.35. The van der Waals surface area contributed by atoms with Crippen molar-refractivity contribution in [3.05, 3.63) is 34.5 Å². The van der Waals surface area contributed by atoms with Crippen LogP contribution in [0.3, 0.4) is 0 Å². The second-order valence-corrected chi connectivity index (χ2v) is 7.94. The first kappa shape index (κ1) is 16.2. The van der Waals surface area contributed by atoms with Crippen LogP contribution in [0.4, 0.5) is 0 Å². The lowest BCUT2D eigenvalue weighted by atomic mass is 10.2. The molecule has 2 heterocycles. The average Bonchev–Trinajstić information content (AvgIpc) is 3.06. The zero-order valence-corrected chi connectivity index (χ0v) is 14.5. The third-order valence-electron chi connectivity index (χ3n) is 3.61. The highest BCUT2D eigenvalue weighted by atomic mass is 32.2. The van der Waals surface area contributed by atoms with Crippen LogP contribution in [0.25, 0.3) is 0 Å². The molecule has 0 bridgehead atoms. The van der Waals surface area contributed by atoms with Gasteiger partial charge in [0.15, 0.2) is 0 Å². The molecule has 21 heavy (non-hydrogen) atoms. The third-order valence-corrected chi connectivity index (χ3v) is 6.90. The maximum atomic E-state index is 12.6. The molecule has 0 saturated carbocycles. The van der Waals surface area contributed by atoms with Crippen molar-refractivity contribution in [1.82, 2.24) is 14.1 Å². The van der Waals surface area contributed by atoms with Gasteiger partial charge in [0.05, 0.1) is 5.69 Å². The number of rotatable bonds is 6. The lowest BCUT2D eigenvalue weighted by Crippen LogP contribution is -2.30. The van der Waals surface area contributed by atoms with Crippen molar-refractivity contribution in [2.24, 2.45) is 0 Å². The van der Waals surface area contributed by atoms with E-state index < -0.39 is 10.0 Å². The number of nitrogens with zero attached hydrogens (tertiary/aromatic N) is 3. The third kappa shape index (κ3) is 3.04. The molecule has 0 aliphatic carbocycles. The summed E-state index contributed by atoms with van der Waals surface area (Å²) in [5.74, 6) is 0. The van der Waals surface area contributed by atoms with E-state index in [-0.39, 0.29) is 0 Å². The molecule has 7 heteroatoms. The smallest absolute Gasteiger partial charge is 0.252 e. The van der Waals surface area contributed by atoms with Crippen molar-refractivity contribution in [2.45, 2.75) is 45.0 Å². The summed E-state index contributed by atoms with van der Waals surface area (Å²) in [6, 6.07) is 3.41. The minimum absolute atomic E-state index is 0.369. The summed E-state index contributed by atoms with van der Waals surface area (Å²) in [5.41, 5.74) is 2.93. The Labute approximate surface area is 130 Å². The molecule has 0 fully saturated rings. The molecule has 0 amide bonds. The van der Waals surface area contributed by atoms with Gasteiger partial charge in [-0.25, -0.2) is 8.42 Å². The second-order valence-electron chi connectivity index (χ2n) is 4.83. The first-order chi connectivity index (χ1) is 9.91. The number of aryl methyl sites for hydroxylation is 2. The van der Waals surface area contributed by atoms with E-state index in [1.54, 1.807) is 17.5 Å². The minimum Gasteiger partial charge on any atom is -0.270 e. The standard InChI is InChI=1S/C14H21N3O2S2/c1-5-16(21(18,19)14-8-7-9-20-14)10-13-11(3)15-17(6-2)12(13)4/h7-9H,5-6,10H2,1-4H3. The van der Waals surface area contributed by atoms with Crippen molar-refractivity contribution in [3.63, 3.8) is 0 Å². The summed E-state index contributed by atoms with van der Waals surface area (Å²) in [4.78, 5) is 0. The fourth-order valence-corrected chi connectivity index (χ4v) is 4.91. The summed E-state index contributed by atoms with van der Waals surface area (Å²) in [5, 5.41) is 6.24. The van der Waals surface area contributed by atoms with Crippen LogP contribution in [-0.2, 0) is 23.1 Å². The van der Waals surface area contributed by atoms with Gasteiger partial charge in [0, 0.05) is 30.9 Å². The van der Waals surface area contributed by atoms with Gasteiger partial charge in [-0.2, -0.15) is 9.40 Å². The molecule has 0 N–H and O–H groups in total. The van der Waals surface area contributed by atoms with Crippen molar-refractivity contribution < 1.29 is 8.42 Å². The molecule has 0 atom stereocenters. The van der Waals surface area contributed by atoms with Gasteiger partial charge in [0.2, 0.25) is 0 Å². The van der Waals surface area contributed by atoms with Gasteiger partial charge < -0.3 is 0 Å². The lowest BCUT2D eigenvalue weighted by Gasteiger charge is -2.19. The highest BCUT2D eigenvalue weighted by molar-refractivity contribution is 7.91. The van der Waals surface area contributed by atoms with E-state index in [9.17, 15) is 8.42 Å². The van der Waals surface area contributed by atoms with E-state index in [2.05, 4.69) is 5.10 Å². The first-order valence-corrected chi connectivity index (χ1v) is 9.30. The molecule has 0 radical (unpaired) electrons. The van der Waals surface area contributed by atoms with Crippen LogP contribution in [0.2, 0.25) is 0 Å². The van der Waals surface area contributed by atoms with Crippen LogP contribution in [0.15, 0.2) is 21.7 Å². The molecule has 5 nitrogen and oxygen atoms in total. The fourth-order valence-electron chi connectivity index (χ4n) is 2.35. The molecule has 116 valence electrons. The fraction of sp³-hybridized carbons (Fsp3) is 0.500. The second kappa shape index (κ2) is 6.29. The molecule has 2 rings (SSSR count). The normalized spacial score (nSPS) is 12.2. The van der Waals surface area contributed by atoms with Crippen LogP contribution in [-0.4, -0.2) is 29.0 Å². The Hall–Kier alpha value is -1.18. The van der Waals surface area contributed by atoms with Crippen molar-refractivity contribution in [2.75, 3.05) is 6.54 Å². The zero-order valence-electron chi connectivity index (χ0n) is 12.8. The molecular formula is C14H21N3O2S2. The molecule has 0 saturated heterocycles. The number of sulfonamides is 1. The van der Waals surface area contributed by atoms with Crippen LogP contribution in [0, 0.1) is 13.8 Å². The largest absolute Gasteiger partial charge is 0.270 e. The van der Waals surface area contributed by atoms with Crippen LogP contribution in [0.1, 0.15) is 30.8 Å². The van der Waals surface area contributed by atoms with Crippen molar-refractivity contribution in [1.29, 1.82) is 0 Å². The van der Waals surface area contributed by atoms with Gasteiger partial charge in [-0.05, 0) is 32.2 Å². The number of hydrogen-bond donors (Lipinski definition) is 0. The SMILES string of the molecule is CCN(Cc1c(C)nn(CC)c1C)S(=O)(=O)c1cccs1. The highest BCUT2D eigenvalue weighted by Crippen LogP contribution is 2.24. The van der Waals surface area contributed by atoms with Crippen LogP contribution < -0.4 is 0 Å². The Morgan fingerprint density at radius 1 is 1.33 bits per heavy atom. The molecule has 0 aliphatic heterocycles. The maximum Gasteiger partial charge on any atom is 0.252 e. The molecule has 2 aromatic rings. The Bertz CT molecular complexity index is 703. The topological polar surface area (TPSA) is 55.2 Å². The first-order valence-electron chi connectivity index (χ1n) is 6.98. The summed E-state index contributed by atoms with van der Waals surface area (Å²) in [7, 11) is -3.42. The van der Waals surface area contributed by atoms with Gasteiger partial charge in [-0.1, -0.05) is 13.0 Å². The van der Waals surface area contributed by atoms with Gasteiger partial charge in [-0.15, -0.1) is 11.3 Å². The molecule has 0 spiro atoms. The Morgan fingerprint density at radius 3 is 2.52 bits per heavy atom. The summed E-state index contributed by atoms with van der Waals surface area (Å²) >= 11 is 1.25. The Morgan fingerprint density at radius 2 is 2.05 bits per heavy atom. The molecular weight excluding hydrogens is 306 g/mol. The van der Waals surface area contributed by atoms with E-state index >= 15 is 0 Å². The summed E-state index contributed by atoms with van der Waals surface area (Å²) < 4.78 is 29.1. The predicted octanol–water partition coefficient (Wildman–Crippen LogP) is 2.79. The van der Waals surface area contributed by atoms with Gasteiger partial charge in [-0.3, -0.25) is 4.68 Å². The van der Waals surface area contributed by atoms with Crippen LogP contribution >= 0.6 is 11.3 Å².